The third-order valence-electron chi connectivity index (χ3n) is 16.9. The molecular weight excluding hydrogens is 1050 g/mol. The number of rotatable bonds is 68. The molecule has 0 aliphatic heterocycles. The number of nitrogens with one attached hydrogen (secondary N) is 1. The summed E-state index contributed by atoms with van der Waals surface area (Å²) in [5, 5.41) is 3.07. The second-order valence-corrected chi connectivity index (χ2v) is 27.9. The standard InChI is InChI=1S/C73H143N2O7P/c1-7-10-13-16-19-22-25-27-29-31-33-34-35-36-37-38-39-40-42-44-46-48-51-54-57-60-63-66-73(77)82-71(64-61-58-55-52-49-24-21-18-15-12-9-3)70(69-81-83(78,79)80-68-67-75(4,5)6)74-72(76)65-62-59-56-53-50-47-45-43-41-32-30-28-26-23-20-17-14-11-8-2/h28,30,61,64,70-71H,7-27,29,31-60,62-63,65-69H2,1-6H3,(H-,74,76,78,79)/p+1/b30-28+,64-61-. The van der Waals surface area contributed by atoms with Crippen molar-refractivity contribution in [1.29, 1.82) is 0 Å². The van der Waals surface area contributed by atoms with Crippen molar-refractivity contribution in [2.24, 2.45) is 0 Å². The van der Waals surface area contributed by atoms with E-state index in [4.69, 9.17) is 13.8 Å². The molecule has 0 saturated heterocycles. The third kappa shape index (κ3) is 64.8. The van der Waals surface area contributed by atoms with Crippen LogP contribution in [0.1, 0.15) is 380 Å². The van der Waals surface area contributed by atoms with Gasteiger partial charge in [0, 0.05) is 12.8 Å². The minimum absolute atomic E-state index is 0.0437. The number of phosphoric ester groups is 1. The summed E-state index contributed by atoms with van der Waals surface area (Å²) >= 11 is 0. The maximum atomic E-state index is 13.6. The van der Waals surface area contributed by atoms with Crippen LogP contribution in [0, 0.1) is 0 Å². The normalized spacial score (nSPS) is 13.6. The number of hydrogen-bond acceptors (Lipinski definition) is 6. The number of amides is 1. The topological polar surface area (TPSA) is 111 Å². The van der Waals surface area contributed by atoms with Gasteiger partial charge in [0.1, 0.15) is 19.3 Å². The van der Waals surface area contributed by atoms with E-state index in [0.29, 0.717) is 23.9 Å². The number of esters is 1. The van der Waals surface area contributed by atoms with Crippen molar-refractivity contribution in [3.8, 4) is 0 Å². The first kappa shape index (κ1) is 81.5. The quantitative estimate of drug-likeness (QED) is 0.0205. The van der Waals surface area contributed by atoms with Gasteiger partial charge in [-0.05, 0) is 57.4 Å². The fraction of sp³-hybridized carbons (Fsp3) is 0.918. The Balaban J connectivity index is 4.92. The number of likely N-dealkylation sites (N-methyl/N-ethyl adjacent to an activating group) is 1. The maximum absolute atomic E-state index is 13.6. The van der Waals surface area contributed by atoms with Gasteiger partial charge >= 0.3 is 13.8 Å². The third-order valence-corrected chi connectivity index (χ3v) is 17.9. The van der Waals surface area contributed by atoms with E-state index < -0.39 is 20.0 Å². The molecule has 9 nitrogen and oxygen atoms in total. The molecule has 0 aromatic heterocycles. The molecule has 0 bridgehead atoms. The van der Waals surface area contributed by atoms with Gasteiger partial charge in [0.25, 0.3) is 0 Å². The van der Waals surface area contributed by atoms with E-state index in [1.807, 2.05) is 33.3 Å². The summed E-state index contributed by atoms with van der Waals surface area (Å²) in [6.45, 7) is 7.07. The molecule has 0 rings (SSSR count). The van der Waals surface area contributed by atoms with E-state index in [9.17, 15) is 19.0 Å². The molecule has 0 spiro atoms. The highest BCUT2D eigenvalue weighted by atomic mass is 31.2. The number of ether oxygens (including phenoxy) is 1. The largest absolute Gasteiger partial charge is 0.472 e. The molecule has 0 fully saturated rings. The van der Waals surface area contributed by atoms with Crippen molar-refractivity contribution >= 4 is 19.7 Å². The Hall–Kier alpha value is -1.51. The van der Waals surface area contributed by atoms with Crippen LogP contribution >= 0.6 is 7.82 Å². The van der Waals surface area contributed by atoms with Gasteiger partial charge in [0.05, 0.1) is 33.8 Å². The fourth-order valence-corrected chi connectivity index (χ4v) is 12.0. The summed E-state index contributed by atoms with van der Waals surface area (Å²) in [6.07, 6.45) is 77.8. The number of hydrogen-bond donors (Lipinski definition) is 2. The second-order valence-electron chi connectivity index (χ2n) is 26.5. The number of nitrogens with zero attached hydrogens (tertiary/aromatic N) is 1. The van der Waals surface area contributed by atoms with E-state index in [1.54, 1.807) is 0 Å². The van der Waals surface area contributed by atoms with Crippen molar-refractivity contribution in [2.45, 2.75) is 392 Å². The molecule has 0 saturated carbocycles. The zero-order valence-electron chi connectivity index (χ0n) is 56.5. The molecule has 83 heavy (non-hydrogen) atoms. The minimum atomic E-state index is -4.45. The van der Waals surface area contributed by atoms with Crippen LogP contribution in [0.4, 0.5) is 0 Å². The molecule has 3 unspecified atom stereocenters. The van der Waals surface area contributed by atoms with Gasteiger partial charge in [-0.3, -0.25) is 18.6 Å². The van der Waals surface area contributed by atoms with Crippen LogP contribution in [-0.4, -0.2) is 74.3 Å². The fourth-order valence-electron chi connectivity index (χ4n) is 11.2. The van der Waals surface area contributed by atoms with Crippen LogP contribution in [0.5, 0.6) is 0 Å². The minimum Gasteiger partial charge on any atom is -0.456 e. The van der Waals surface area contributed by atoms with Crippen molar-refractivity contribution in [1.82, 2.24) is 5.32 Å². The Morgan fingerprint density at radius 2 is 0.699 bits per heavy atom. The summed E-state index contributed by atoms with van der Waals surface area (Å²) in [4.78, 5) is 37.9. The van der Waals surface area contributed by atoms with Gasteiger partial charge in [-0.1, -0.05) is 334 Å². The average Bonchev–Trinajstić information content (AvgIpc) is 3.52. The Kier molecular flexibility index (Phi) is 62.4. The van der Waals surface area contributed by atoms with Gasteiger partial charge in [-0.2, -0.15) is 0 Å². The van der Waals surface area contributed by atoms with Gasteiger partial charge < -0.3 is 19.4 Å². The van der Waals surface area contributed by atoms with Gasteiger partial charge in [0.15, 0.2) is 0 Å². The van der Waals surface area contributed by atoms with Crippen molar-refractivity contribution in [2.75, 3.05) is 40.9 Å². The molecule has 0 heterocycles. The molecule has 1 amide bonds. The summed E-state index contributed by atoms with van der Waals surface area (Å²) in [5.41, 5.74) is 0. The molecule has 0 aliphatic rings. The number of allylic oxidation sites excluding steroid dienone is 3. The van der Waals surface area contributed by atoms with Crippen LogP contribution in [-0.2, 0) is 27.9 Å². The van der Waals surface area contributed by atoms with E-state index >= 15 is 0 Å². The molecule has 0 aliphatic carbocycles. The van der Waals surface area contributed by atoms with Crippen molar-refractivity contribution in [3.05, 3.63) is 24.3 Å². The molecule has 3 atom stereocenters. The number of carbonyl (C=O) groups is 2. The smallest absolute Gasteiger partial charge is 0.456 e. The first-order valence-electron chi connectivity index (χ1n) is 36.7. The summed E-state index contributed by atoms with van der Waals surface area (Å²) in [7, 11) is 1.52. The molecule has 10 heteroatoms. The lowest BCUT2D eigenvalue weighted by Gasteiger charge is -2.27. The predicted octanol–water partition coefficient (Wildman–Crippen LogP) is 23.2. The highest BCUT2D eigenvalue weighted by molar-refractivity contribution is 7.47. The van der Waals surface area contributed by atoms with Gasteiger partial charge in [0.2, 0.25) is 5.91 Å². The number of phosphoric acid groups is 1. The van der Waals surface area contributed by atoms with Crippen LogP contribution in [0.25, 0.3) is 0 Å². The lowest BCUT2D eigenvalue weighted by atomic mass is 10.0. The summed E-state index contributed by atoms with van der Waals surface area (Å²) in [5.74, 6) is -0.485. The van der Waals surface area contributed by atoms with E-state index in [0.717, 1.165) is 57.8 Å². The highest BCUT2D eigenvalue weighted by Gasteiger charge is 2.30. The van der Waals surface area contributed by atoms with Crippen LogP contribution in [0.15, 0.2) is 24.3 Å². The van der Waals surface area contributed by atoms with Crippen molar-refractivity contribution < 1.29 is 37.3 Å². The van der Waals surface area contributed by atoms with Gasteiger partial charge in [-0.25, -0.2) is 4.57 Å². The van der Waals surface area contributed by atoms with E-state index in [-0.39, 0.29) is 25.1 Å². The first-order chi connectivity index (χ1) is 40.4. The maximum Gasteiger partial charge on any atom is 0.472 e. The Labute approximate surface area is 517 Å². The van der Waals surface area contributed by atoms with Crippen LogP contribution < -0.4 is 5.32 Å². The zero-order chi connectivity index (χ0) is 60.7. The molecule has 0 radical (unpaired) electrons. The average molecular weight is 1190 g/mol. The molecule has 492 valence electrons. The lowest BCUT2D eigenvalue weighted by molar-refractivity contribution is -0.870. The highest BCUT2D eigenvalue weighted by Crippen LogP contribution is 2.43. The number of quaternary nitrogens is 1. The van der Waals surface area contributed by atoms with E-state index in [1.165, 1.54) is 289 Å². The molecule has 0 aromatic carbocycles. The lowest BCUT2D eigenvalue weighted by Crippen LogP contribution is -2.47. The Bertz CT molecular complexity index is 1470. The number of carbonyl (C=O) groups excluding carboxylic acids is 2. The first-order valence-corrected chi connectivity index (χ1v) is 38.2. The number of unbranched alkanes of at least 4 members (excludes halogenated alkanes) is 50. The second kappa shape index (κ2) is 63.5. The summed E-state index contributed by atoms with van der Waals surface area (Å²) in [6, 6.07) is -0.845. The zero-order valence-corrected chi connectivity index (χ0v) is 57.4. The van der Waals surface area contributed by atoms with Crippen LogP contribution in [0.2, 0.25) is 0 Å². The SMILES string of the molecule is CCCCCCCC/C=C/CCCCCCCCCCCC(=O)NC(COP(=O)(O)OCC[N+](C)(C)C)C(/C=C\CCCCCCCCCCC)OC(=O)CCCCCCCCCCCCCCCCCCCCCCCCCCCCC. The van der Waals surface area contributed by atoms with E-state index in [2.05, 4.69) is 38.2 Å². The predicted molar refractivity (Wildman–Crippen MR) is 360 cm³/mol. The van der Waals surface area contributed by atoms with Crippen LogP contribution in [0.3, 0.4) is 0 Å². The Morgan fingerprint density at radius 1 is 0.410 bits per heavy atom. The summed E-state index contributed by atoms with van der Waals surface area (Å²) < 4.78 is 30.8. The molecule has 2 N–H and O–H groups in total. The molecule has 0 aromatic rings. The van der Waals surface area contributed by atoms with Gasteiger partial charge in [-0.15, -0.1) is 0 Å². The van der Waals surface area contributed by atoms with Crippen molar-refractivity contribution in [3.63, 3.8) is 0 Å². The molecular formula is C73H144N2O7P+. The Morgan fingerprint density at radius 3 is 1.02 bits per heavy atom. The monoisotopic (exact) mass is 1190 g/mol.